The number of nitriles is 1. The topological polar surface area (TPSA) is 117 Å². The molecule has 5 saturated heterocycles. The van der Waals surface area contributed by atoms with Crippen LogP contribution in [0.25, 0.3) is 0 Å². The summed E-state index contributed by atoms with van der Waals surface area (Å²) in [5.41, 5.74) is 8.45. The monoisotopic (exact) mass is 1280 g/mol. The number of halogens is 4. The molecule has 0 aliphatic carbocycles. The molecule has 0 atom stereocenters. The molecule has 6 heterocycles. The zero-order valence-corrected chi connectivity index (χ0v) is 59.5. The van der Waals surface area contributed by atoms with Gasteiger partial charge in [0.15, 0.2) is 0 Å². The number of nitrogens with one attached hydrogen (secondary N) is 2. The molecule has 4 aromatic rings. The van der Waals surface area contributed by atoms with Gasteiger partial charge in [0.2, 0.25) is 0 Å². The van der Waals surface area contributed by atoms with Crippen molar-refractivity contribution in [1.82, 2.24) is 44.9 Å². The first-order valence-corrected chi connectivity index (χ1v) is 34.1. The van der Waals surface area contributed by atoms with Gasteiger partial charge in [0.05, 0.1) is 52.1 Å². The first-order valence-electron chi connectivity index (χ1n) is 33.8. The van der Waals surface area contributed by atoms with Crippen molar-refractivity contribution in [2.45, 2.75) is 212 Å². The number of alkyl halides is 3. The number of aryl methyl sites for hydroxylation is 3. The van der Waals surface area contributed by atoms with E-state index in [4.69, 9.17) is 26.3 Å². The first-order chi connectivity index (χ1) is 42.6. The van der Waals surface area contributed by atoms with Crippen LogP contribution in [0.15, 0.2) is 85.2 Å². The number of likely N-dealkylation sites (tertiary alicyclic amines) is 4. The Kier molecular flexibility index (Phi) is 26.9. The number of ether oxygens (including phenoxy) is 2. The zero-order chi connectivity index (χ0) is 67.1. The average Bonchev–Trinajstić information content (AvgIpc) is 1.74. The van der Waals surface area contributed by atoms with Crippen LogP contribution in [-0.2, 0) is 42.5 Å². The minimum atomic E-state index is -4.17. The maximum absolute atomic E-state index is 12.5. The van der Waals surface area contributed by atoms with Gasteiger partial charge in [-0.25, -0.2) is 0 Å². The molecule has 3 aromatic carbocycles. The lowest BCUT2D eigenvalue weighted by Gasteiger charge is -2.54. The number of nitrogens with zero attached hydrogens (tertiary/aromatic N) is 8. The molecular formula is C74H116ClF3N10O3. The maximum atomic E-state index is 12.5. The lowest BCUT2D eigenvalue weighted by atomic mass is 9.70. The van der Waals surface area contributed by atoms with Crippen molar-refractivity contribution in [1.29, 1.82) is 5.26 Å². The number of carbonyl (C=O) groups excluding carboxylic acids is 1. The number of hydrogen-bond acceptors (Lipinski definition) is 12. The van der Waals surface area contributed by atoms with Gasteiger partial charge in [-0.1, -0.05) is 90.3 Å². The van der Waals surface area contributed by atoms with Crippen LogP contribution in [0.2, 0.25) is 5.02 Å². The van der Waals surface area contributed by atoms with Crippen LogP contribution in [0.1, 0.15) is 175 Å². The molecule has 0 bridgehead atoms. The number of benzene rings is 3. The van der Waals surface area contributed by atoms with Crippen molar-refractivity contribution in [3.8, 4) is 6.07 Å². The third-order valence-electron chi connectivity index (χ3n) is 20.4. The van der Waals surface area contributed by atoms with Gasteiger partial charge in [0.25, 0.3) is 0 Å². The molecule has 5 aliphatic heterocycles. The van der Waals surface area contributed by atoms with Crippen molar-refractivity contribution >= 4 is 17.6 Å². The molecule has 5 fully saturated rings. The zero-order valence-electron chi connectivity index (χ0n) is 58.8. The van der Waals surface area contributed by atoms with Gasteiger partial charge in [-0.05, 0) is 234 Å². The Hall–Kier alpha value is -4.41. The van der Waals surface area contributed by atoms with Gasteiger partial charge in [-0.3, -0.25) is 34.0 Å². The smallest absolute Gasteiger partial charge is 0.401 e. The van der Waals surface area contributed by atoms with Crippen LogP contribution in [0.5, 0.6) is 0 Å². The summed E-state index contributed by atoms with van der Waals surface area (Å²) >= 11 is 6.15. The number of esters is 1. The highest BCUT2D eigenvalue weighted by atomic mass is 35.5. The number of rotatable bonds is 16. The Morgan fingerprint density at radius 1 is 0.626 bits per heavy atom. The Morgan fingerprint density at radius 2 is 1.03 bits per heavy atom. The van der Waals surface area contributed by atoms with Crippen LogP contribution in [0.3, 0.4) is 0 Å². The summed E-state index contributed by atoms with van der Waals surface area (Å²) in [5, 5.41) is 20.3. The maximum Gasteiger partial charge on any atom is 0.401 e. The highest BCUT2D eigenvalue weighted by molar-refractivity contribution is 6.30. The Labute approximate surface area is 552 Å². The molecule has 2 N–H and O–H groups in total. The van der Waals surface area contributed by atoms with Crippen LogP contribution in [0.4, 0.5) is 13.2 Å². The normalized spacial score (nSPS) is 20.1. The summed E-state index contributed by atoms with van der Waals surface area (Å²) in [6.07, 6.45) is 9.01. The van der Waals surface area contributed by atoms with E-state index in [-0.39, 0.29) is 56.5 Å². The second-order valence-corrected chi connectivity index (χ2v) is 31.3. The summed E-state index contributed by atoms with van der Waals surface area (Å²) in [5.74, 6) is -0.207. The third-order valence-corrected chi connectivity index (χ3v) is 20.7. The van der Waals surface area contributed by atoms with Crippen molar-refractivity contribution < 1.29 is 27.4 Å². The summed E-state index contributed by atoms with van der Waals surface area (Å²) in [7, 11) is 1.43. The third kappa shape index (κ3) is 21.8. The van der Waals surface area contributed by atoms with E-state index in [9.17, 15) is 18.0 Å². The van der Waals surface area contributed by atoms with Crippen molar-refractivity contribution in [3.63, 3.8) is 0 Å². The molecule has 17 heteroatoms. The molecule has 0 unspecified atom stereocenters. The first kappa shape index (κ1) is 75.6. The molecule has 0 spiro atoms. The molecule has 9 rings (SSSR count). The van der Waals surface area contributed by atoms with Gasteiger partial charge in [0.1, 0.15) is 5.54 Å². The van der Waals surface area contributed by atoms with Gasteiger partial charge >= 0.3 is 12.1 Å². The van der Waals surface area contributed by atoms with Crippen LogP contribution in [-0.4, -0.2) is 187 Å². The average molecular weight is 1290 g/mol. The molecule has 1 aromatic heterocycles. The predicted octanol–water partition coefficient (Wildman–Crippen LogP) is 13.5. The Balaban J connectivity index is 0.000000194. The molecule has 0 radical (unpaired) electrons. The highest BCUT2D eigenvalue weighted by Gasteiger charge is 2.49. The standard InChI is InChI=1S/C21H33ClN2O.C20H32N2O2.C19H29F3N2.C14H22N4/c1-20(2,3)24-12-9-21(10-13-24,18-4-6-19(22)7-5-18)8-11-23-14-16-25-17-15-23;1-16-6-8-17(9-7-16)20(15-21-14-18(23)24-5)10-12-22(13-11-20)19(2,3)4;1-15-5-7-16(8-6-15)18(13-23-14-19(20,21)22)9-11-24(12-10-18)17(2,3)4;1-5-12-8-16-18(9-12)14(6-7-15)10-17(11-14)13(2,3)4/h4-7H,8-17H2,1-3H3;6-9,21H,10-15H2,1-5H3;5-8,23H,9-14H2,1-4H3;8-9H,5-6,10-11H2,1-4H3. The minimum absolute atomic E-state index is 0.0868. The number of hydrogen-bond donors (Lipinski definition) is 2. The van der Waals surface area contributed by atoms with Crippen molar-refractivity contribution in [2.75, 3.05) is 118 Å². The van der Waals surface area contributed by atoms with Crippen LogP contribution in [0, 0.1) is 25.2 Å². The molecule has 91 heavy (non-hydrogen) atoms. The van der Waals surface area contributed by atoms with Crippen LogP contribution >= 0.6 is 11.6 Å². The lowest BCUT2D eigenvalue weighted by molar-refractivity contribution is -0.139. The van der Waals surface area contributed by atoms with E-state index in [0.717, 1.165) is 115 Å². The van der Waals surface area contributed by atoms with E-state index >= 15 is 0 Å². The lowest BCUT2D eigenvalue weighted by Crippen LogP contribution is -2.67. The summed E-state index contributed by atoms with van der Waals surface area (Å²) in [4.78, 5) is 24.0. The molecule has 0 saturated carbocycles. The largest absolute Gasteiger partial charge is 0.468 e. The Morgan fingerprint density at radius 3 is 1.42 bits per heavy atom. The molecule has 5 aliphatic rings. The van der Waals surface area contributed by atoms with E-state index in [2.05, 4.69) is 222 Å². The van der Waals surface area contributed by atoms with E-state index in [1.165, 1.54) is 73.8 Å². The minimum Gasteiger partial charge on any atom is -0.468 e. The van der Waals surface area contributed by atoms with Crippen LogP contribution < -0.4 is 10.6 Å². The van der Waals surface area contributed by atoms with Crippen molar-refractivity contribution in [3.05, 3.63) is 124 Å². The van der Waals surface area contributed by atoms with Crippen molar-refractivity contribution in [2.24, 2.45) is 0 Å². The summed E-state index contributed by atoms with van der Waals surface area (Å²) in [6.45, 7) is 47.1. The number of carbonyl (C=O) groups is 1. The second kappa shape index (κ2) is 32.4. The number of methoxy groups -OCH3 is 1. The van der Waals surface area contributed by atoms with E-state index in [0.29, 0.717) is 13.0 Å². The number of morpholine rings is 1. The highest BCUT2D eigenvalue weighted by Crippen LogP contribution is 2.43. The van der Waals surface area contributed by atoms with Gasteiger partial charge < -0.3 is 20.1 Å². The van der Waals surface area contributed by atoms with E-state index < -0.39 is 12.7 Å². The molecule has 0 amide bonds. The Bertz CT molecular complexity index is 2840. The summed E-state index contributed by atoms with van der Waals surface area (Å²) in [6, 6.07) is 28.1. The number of piperidine rings is 3. The molecule has 508 valence electrons. The fraction of sp³-hybridized carbons (Fsp3) is 0.689. The van der Waals surface area contributed by atoms with Gasteiger partial charge in [0, 0.05) is 83.5 Å². The fourth-order valence-electron chi connectivity index (χ4n) is 13.8. The van der Waals surface area contributed by atoms with E-state index in [1.54, 1.807) is 0 Å². The SMILES string of the molecule is CC(C)(C)N1CCC(CCN2CCOCC2)(c2ccc(Cl)cc2)CC1.CCc1cnn(C2(CC#N)CN(C(C)(C)C)C2)c1.COC(=O)CNCC1(c2ccc(C)cc2)CCN(C(C)(C)C)CC1.Cc1ccc(C2(CNCC(F)(F)F)CCN(C(C)(C)C)CC2)cc1. The quantitative estimate of drug-likeness (QED) is 0.104. The number of aromatic nitrogens is 2. The predicted molar refractivity (Wildman–Crippen MR) is 367 cm³/mol. The molecule has 13 nitrogen and oxygen atoms in total. The fourth-order valence-corrected chi connectivity index (χ4v) is 13.9. The molecular weight excluding hydrogens is 1170 g/mol. The van der Waals surface area contributed by atoms with Gasteiger partial charge in [-0.15, -0.1) is 0 Å². The van der Waals surface area contributed by atoms with E-state index in [1.807, 2.05) is 17.8 Å². The van der Waals surface area contributed by atoms with Gasteiger partial charge in [-0.2, -0.15) is 23.5 Å². The summed E-state index contributed by atoms with van der Waals surface area (Å²) < 4.78 is 49.9. The second-order valence-electron chi connectivity index (χ2n) is 30.9.